The lowest BCUT2D eigenvalue weighted by Gasteiger charge is -2.58. The van der Waals surface area contributed by atoms with Crippen LogP contribution >= 0.6 is 0 Å². The van der Waals surface area contributed by atoms with E-state index in [0.29, 0.717) is 24.3 Å². The zero-order valence-electron chi connectivity index (χ0n) is 17.5. The number of allylic oxidation sites excluding steroid dienone is 1. The molecular weight excluding hydrogens is 354 g/mol. The van der Waals surface area contributed by atoms with Gasteiger partial charge in [-0.05, 0) is 86.9 Å². The number of nitrogens with one attached hydrogen (secondary N) is 1. The zero-order chi connectivity index (χ0) is 20.1. The van der Waals surface area contributed by atoms with Crippen molar-refractivity contribution in [2.24, 2.45) is 33.9 Å². The maximum Gasteiger partial charge on any atom is 0.340 e. The fraction of sp³-hybridized carbons (Fsp3) is 0.864. The van der Waals surface area contributed by atoms with Gasteiger partial charge >= 0.3 is 6.03 Å². The van der Waals surface area contributed by atoms with Gasteiger partial charge < -0.3 is 10.4 Å². The first kappa shape index (κ1) is 19.9. The highest BCUT2D eigenvalue weighted by atomic mass is 16.3. The Labute approximate surface area is 168 Å². The van der Waals surface area contributed by atoms with Crippen molar-refractivity contribution in [1.29, 1.82) is 0 Å². The van der Waals surface area contributed by atoms with E-state index in [1.54, 1.807) is 6.92 Å². The summed E-state index contributed by atoms with van der Waals surface area (Å²) >= 11 is 0. The van der Waals surface area contributed by atoms with Crippen LogP contribution in [0.1, 0.15) is 72.1 Å². The first-order valence-electron chi connectivity index (χ1n) is 11.1. The van der Waals surface area contributed by atoms with Gasteiger partial charge in [0.05, 0.1) is 11.4 Å². The van der Waals surface area contributed by atoms with Crippen molar-refractivity contribution < 1.29 is 9.90 Å². The highest BCUT2D eigenvalue weighted by molar-refractivity contribution is 5.74. The minimum atomic E-state index is -0.356. The Morgan fingerprint density at radius 2 is 2.04 bits per heavy atom. The van der Waals surface area contributed by atoms with Gasteiger partial charge in [-0.1, -0.05) is 25.5 Å². The molecule has 0 bridgehead atoms. The Hall–Kier alpha value is -1.43. The standard InChI is InChI=1S/C22H35N3O3/c1-4-25(24-28)20(27)23-19-8-7-17-16-6-5-14-13-15(26)9-11-21(14,2)18(16)10-12-22(17,19)3/h5,15-19,26H,4,6-13H2,1-3H3,(H,23,27). The molecule has 6 nitrogen and oxygen atoms in total. The van der Waals surface area contributed by atoms with E-state index in [2.05, 4.69) is 30.5 Å². The molecule has 4 aliphatic carbocycles. The Bertz CT molecular complexity index is 680. The first-order valence-corrected chi connectivity index (χ1v) is 11.1. The number of rotatable bonds is 3. The number of aliphatic hydroxyl groups is 1. The van der Waals surface area contributed by atoms with Crippen molar-refractivity contribution in [3.63, 3.8) is 0 Å². The molecule has 2 N–H and O–H groups in total. The topological polar surface area (TPSA) is 82.0 Å². The number of amides is 2. The van der Waals surface area contributed by atoms with E-state index >= 15 is 0 Å². The number of carbonyl (C=O) groups is 1. The molecule has 0 aromatic rings. The average molecular weight is 390 g/mol. The first-order chi connectivity index (χ1) is 13.3. The number of hydrogen-bond donors (Lipinski definition) is 2. The van der Waals surface area contributed by atoms with Crippen LogP contribution in [0.2, 0.25) is 0 Å². The van der Waals surface area contributed by atoms with Crippen molar-refractivity contribution in [1.82, 2.24) is 10.3 Å². The molecule has 7 unspecified atom stereocenters. The van der Waals surface area contributed by atoms with Crippen LogP contribution in [-0.4, -0.2) is 34.8 Å². The monoisotopic (exact) mass is 389 g/mol. The summed E-state index contributed by atoms with van der Waals surface area (Å²) in [7, 11) is 0. The molecule has 2 amide bonds. The van der Waals surface area contributed by atoms with Crippen LogP contribution in [0.4, 0.5) is 4.79 Å². The van der Waals surface area contributed by atoms with Crippen molar-refractivity contribution in [3.8, 4) is 0 Å². The minimum absolute atomic E-state index is 0.0923. The van der Waals surface area contributed by atoms with Crippen molar-refractivity contribution >= 4 is 6.03 Å². The largest absolute Gasteiger partial charge is 0.393 e. The number of fused-ring (bicyclic) bond motifs is 5. The van der Waals surface area contributed by atoms with E-state index in [0.717, 1.165) is 50.0 Å². The molecule has 0 spiro atoms. The lowest BCUT2D eigenvalue weighted by atomic mass is 9.48. The summed E-state index contributed by atoms with van der Waals surface area (Å²) in [5, 5.41) is 17.1. The Morgan fingerprint density at radius 1 is 1.25 bits per heavy atom. The van der Waals surface area contributed by atoms with Gasteiger partial charge in [-0.2, -0.15) is 5.01 Å². The number of carbonyl (C=O) groups excluding carboxylic acids is 1. The normalized spacial score (nSPS) is 44.6. The van der Waals surface area contributed by atoms with E-state index in [-0.39, 0.29) is 29.0 Å². The van der Waals surface area contributed by atoms with Gasteiger partial charge in [-0.25, -0.2) is 4.79 Å². The molecular formula is C22H35N3O3. The maximum atomic E-state index is 12.4. The number of urea groups is 1. The smallest absolute Gasteiger partial charge is 0.340 e. The fourth-order valence-electron chi connectivity index (χ4n) is 7.34. The van der Waals surface area contributed by atoms with Gasteiger partial charge in [0.25, 0.3) is 0 Å². The lowest BCUT2D eigenvalue weighted by molar-refractivity contribution is -0.0426. The van der Waals surface area contributed by atoms with E-state index in [9.17, 15) is 14.8 Å². The third-order valence-electron chi connectivity index (χ3n) is 9.01. The average Bonchev–Trinajstić information content (AvgIpc) is 3.00. The highest BCUT2D eigenvalue weighted by Gasteiger charge is 2.58. The predicted octanol–water partition coefficient (Wildman–Crippen LogP) is 4.39. The second kappa shape index (κ2) is 7.12. The van der Waals surface area contributed by atoms with E-state index < -0.39 is 0 Å². The summed E-state index contributed by atoms with van der Waals surface area (Å²) in [4.78, 5) is 23.3. The quantitative estimate of drug-likeness (QED) is 0.427. The fourth-order valence-corrected chi connectivity index (χ4v) is 7.34. The summed E-state index contributed by atoms with van der Waals surface area (Å²) in [6.45, 7) is 6.85. The summed E-state index contributed by atoms with van der Waals surface area (Å²) in [5.74, 6) is 1.96. The molecule has 6 heteroatoms. The third-order valence-corrected chi connectivity index (χ3v) is 9.01. The summed E-state index contributed by atoms with van der Waals surface area (Å²) in [5.41, 5.74) is 1.83. The molecule has 28 heavy (non-hydrogen) atoms. The Balaban J connectivity index is 1.54. The van der Waals surface area contributed by atoms with Crippen LogP contribution < -0.4 is 5.32 Å². The molecule has 0 saturated heterocycles. The number of hydrogen-bond acceptors (Lipinski definition) is 4. The molecule has 0 radical (unpaired) electrons. The SMILES string of the molecule is CCN(N=O)C(=O)NC1CCC2C3CC=C4CC(O)CCC4(C)C3CCC12C. The van der Waals surface area contributed by atoms with Gasteiger partial charge in [-0.15, -0.1) is 4.91 Å². The molecule has 0 heterocycles. The van der Waals surface area contributed by atoms with Crippen molar-refractivity contribution in [2.75, 3.05) is 6.54 Å². The van der Waals surface area contributed by atoms with Crippen LogP contribution in [0.25, 0.3) is 0 Å². The molecule has 0 aliphatic heterocycles. The van der Waals surface area contributed by atoms with Crippen LogP contribution in [0.5, 0.6) is 0 Å². The molecule has 0 aromatic heterocycles. The number of nitroso groups, excluding NO2 is 1. The minimum Gasteiger partial charge on any atom is -0.393 e. The molecule has 4 aliphatic rings. The van der Waals surface area contributed by atoms with Gasteiger partial charge in [0.1, 0.15) is 0 Å². The van der Waals surface area contributed by atoms with E-state index in [4.69, 9.17) is 0 Å². The highest BCUT2D eigenvalue weighted by Crippen LogP contribution is 2.64. The van der Waals surface area contributed by atoms with E-state index in [1.165, 1.54) is 12.0 Å². The number of aliphatic hydroxyl groups excluding tert-OH is 1. The second-order valence-electron chi connectivity index (χ2n) is 10.1. The molecule has 3 saturated carbocycles. The van der Waals surface area contributed by atoms with E-state index in [1.807, 2.05) is 0 Å². The van der Waals surface area contributed by atoms with Gasteiger partial charge in [0, 0.05) is 12.6 Å². The van der Waals surface area contributed by atoms with Crippen LogP contribution in [0.3, 0.4) is 0 Å². The van der Waals surface area contributed by atoms with Crippen LogP contribution in [0, 0.1) is 33.5 Å². The second-order valence-corrected chi connectivity index (χ2v) is 10.1. The Kier molecular flexibility index (Phi) is 5.05. The van der Waals surface area contributed by atoms with Crippen LogP contribution in [0.15, 0.2) is 16.9 Å². The number of nitrogens with zero attached hydrogens (tertiary/aromatic N) is 2. The van der Waals surface area contributed by atoms with Gasteiger partial charge in [-0.3, -0.25) is 0 Å². The van der Waals surface area contributed by atoms with Crippen molar-refractivity contribution in [2.45, 2.75) is 84.3 Å². The van der Waals surface area contributed by atoms with Gasteiger partial charge in [0.15, 0.2) is 0 Å². The van der Waals surface area contributed by atoms with Gasteiger partial charge in [0.2, 0.25) is 0 Å². The summed E-state index contributed by atoms with van der Waals surface area (Å²) < 4.78 is 0. The molecule has 0 aromatic carbocycles. The molecule has 156 valence electrons. The lowest BCUT2D eigenvalue weighted by Crippen LogP contribution is -2.55. The van der Waals surface area contributed by atoms with Crippen molar-refractivity contribution in [3.05, 3.63) is 16.6 Å². The molecule has 7 atom stereocenters. The summed E-state index contributed by atoms with van der Waals surface area (Å²) in [6, 6.07) is -0.237. The van der Waals surface area contributed by atoms with Crippen LogP contribution in [-0.2, 0) is 0 Å². The summed E-state index contributed by atoms with van der Waals surface area (Å²) in [6.07, 6.45) is 10.7. The predicted molar refractivity (Wildman–Crippen MR) is 108 cm³/mol. The molecule has 4 rings (SSSR count). The molecule has 3 fully saturated rings. The zero-order valence-corrected chi connectivity index (χ0v) is 17.5. The Morgan fingerprint density at radius 3 is 2.75 bits per heavy atom. The third kappa shape index (κ3) is 2.90. The maximum absolute atomic E-state index is 12.4.